The van der Waals surface area contributed by atoms with Crippen molar-refractivity contribution in [3.05, 3.63) is 28.8 Å². The lowest BCUT2D eigenvalue weighted by molar-refractivity contribution is -0.146. The Kier molecular flexibility index (Phi) is 9.86. The van der Waals surface area contributed by atoms with Gasteiger partial charge in [0.15, 0.2) is 0 Å². The summed E-state index contributed by atoms with van der Waals surface area (Å²) in [6, 6.07) is 2.19. The molecule has 2 N–H and O–H groups in total. The number of ether oxygens (including phenoxy) is 3. The van der Waals surface area contributed by atoms with Crippen molar-refractivity contribution < 1.29 is 32.2 Å². The minimum absolute atomic E-state index is 0.0894. The monoisotopic (exact) mass is 499 g/mol. The zero-order chi connectivity index (χ0) is 25.5. The number of nitrogens with one attached hydrogen (secondary N) is 2. The number of rotatable bonds is 9. The van der Waals surface area contributed by atoms with E-state index in [0.717, 1.165) is 18.7 Å². The minimum atomic E-state index is -4.08. The number of nitrogens with zero attached hydrogens (tertiary/aromatic N) is 1. The second-order valence-corrected chi connectivity index (χ2v) is 11.1. The fourth-order valence-electron chi connectivity index (χ4n) is 3.71. The summed E-state index contributed by atoms with van der Waals surface area (Å²) < 4.78 is 44.7. The number of morpholine rings is 1. The van der Waals surface area contributed by atoms with Crippen LogP contribution >= 0.6 is 0 Å². The summed E-state index contributed by atoms with van der Waals surface area (Å²) in [7, 11) is -4.08. The first-order valence-corrected chi connectivity index (χ1v) is 12.8. The predicted molar refractivity (Wildman–Crippen MR) is 127 cm³/mol. The predicted octanol–water partition coefficient (Wildman–Crippen LogP) is 1.66. The zero-order valence-electron chi connectivity index (χ0n) is 20.9. The number of benzene rings is 1. The maximum atomic E-state index is 13.2. The molecule has 2 rings (SSSR count). The second-order valence-electron chi connectivity index (χ2n) is 9.41. The fraction of sp³-hybridized carbons (Fsp3) is 0.652. The molecule has 1 aromatic carbocycles. The van der Waals surface area contributed by atoms with Crippen LogP contribution in [0.5, 0.6) is 0 Å². The van der Waals surface area contributed by atoms with Crippen LogP contribution in [-0.2, 0) is 29.0 Å². The van der Waals surface area contributed by atoms with Crippen LogP contribution in [0.1, 0.15) is 37.5 Å². The van der Waals surface area contributed by atoms with Crippen LogP contribution in [0.4, 0.5) is 4.79 Å². The van der Waals surface area contributed by atoms with Gasteiger partial charge in [0.2, 0.25) is 10.0 Å². The van der Waals surface area contributed by atoms with Gasteiger partial charge in [0.25, 0.3) is 0 Å². The molecule has 1 fully saturated rings. The van der Waals surface area contributed by atoms with Crippen LogP contribution in [0.3, 0.4) is 0 Å². The van der Waals surface area contributed by atoms with Gasteiger partial charge < -0.3 is 19.5 Å². The smallest absolute Gasteiger partial charge is 0.407 e. The van der Waals surface area contributed by atoms with Crippen molar-refractivity contribution in [2.75, 3.05) is 46.0 Å². The summed E-state index contributed by atoms with van der Waals surface area (Å²) in [5.41, 5.74) is 1.31. The van der Waals surface area contributed by atoms with Gasteiger partial charge in [-0.3, -0.25) is 9.69 Å². The lowest BCUT2D eigenvalue weighted by Crippen LogP contribution is -2.50. The van der Waals surface area contributed by atoms with E-state index < -0.39 is 33.7 Å². The van der Waals surface area contributed by atoms with Gasteiger partial charge in [0, 0.05) is 26.2 Å². The number of hydrogen-bond acceptors (Lipinski definition) is 8. The maximum Gasteiger partial charge on any atom is 0.407 e. The number of sulfonamides is 1. The van der Waals surface area contributed by atoms with Crippen molar-refractivity contribution in [1.82, 2.24) is 14.9 Å². The molecule has 1 aliphatic heterocycles. The van der Waals surface area contributed by atoms with Crippen molar-refractivity contribution in [3.8, 4) is 0 Å². The highest BCUT2D eigenvalue weighted by atomic mass is 32.2. The Hall–Kier alpha value is -2.21. The average Bonchev–Trinajstić information content (AvgIpc) is 2.69. The molecule has 1 saturated heterocycles. The molecule has 0 aromatic heterocycles. The summed E-state index contributed by atoms with van der Waals surface area (Å²) in [6.45, 7) is 13.4. The number of aryl methyl sites for hydroxylation is 3. The van der Waals surface area contributed by atoms with E-state index in [4.69, 9.17) is 14.2 Å². The Labute approximate surface area is 202 Å². The van der Waals surface area contributed by atoms with E-state index in [9.17, 15) is 18.0 Å². The molecular weight excluding hydrogens is 462 g/mol. The van der Waals surface area contributed by atoms with Gasteiger partial charge in [-0.05, 0) is 52.7 Å². The number of esters is 1. The second kappa shape index (κ2) is 12.0. The summed E-state index contributed by atoms with van der Waals surface area (Å²) >= 11 is 0. The van der Waals surface area contributed by atoms with Crippen LogP contribution in [0.25, 0.3) is 0 Å². The molecule has 0 spiro atoms. The zero-order valence-corrected chi connectivity index (χ0v) is 21.7. The van der Waals surface area contributed by atoms with Crippen molar-refractivity contribution in [2.45, 2.75) is 58.1 Å². The molecule has 1 amide bonds. The molecule has 0 saturated carbocycles. The summed E-state index contributed by atoms with van der Waals surface area (Å²) in [6.07, 6.45) is -0.763. The average molecular weight is 500 g/mol. The third-order valence-electron chi connectivity index (χ3n) is 5.06. The van der Waals surface area contributed by atoms with Gasteiger partial charge in [-0.2, -0.15) is 4.72 Å². The van der Waals surface area contributed by atoms with Crippen molar-refractivity contribution in [1.29, 1.82) is 0 Å². The number of carbonyl (C=O) groups is 2. The Balaban J connectivity index is 2.13. The molecule has 1 aromatic rings. The highest BCUT2D eigenvalue weighted by molar-refractivity contribution is 7.89. The van der Waals surface area contributed by atoms with E-state index in [-0.39, 0.29) is 18.0 Å². The molecule has 0 unspecified atom stereocenters. The first-order chi connectivity index (χ1) is 15.8. The third-order valence-corrected chi connectivity index (χ3v) is 6.84. The van der Waals surface area contributed by atoms with Gasteiger partial charge in [-0.25, -0.2) is 13.2 Å². The Morgan fingerprint density at radius 2 is 1.71 bits per heavy atom. The molecule has 1 heterocycles. The normalized spacial score (nSPS) is 16.1. The number of amides is 1. The first kappa shape index (κ1) is 28.0. The first-order valence-electron chi connectivity index (χ1n) is 11.3. The van der Waals surface area contributed by atoms with Gasteiger partial charge in [-0.15, -0.1) is 0 Å². The molecule has 11 heteroatoms. The van der Waals surface area contributed by atoms with Crippen molar-refractivity contribution in [2.24, 2.45) is 0 Å². The summed E-state index contributed by atoms with van der Waals surface area (Å²) in [4.78, 5) is 27.1. The van der Waals surface area contributed by atoms with E-state index in [1.807, 2.05) is 6.92 Å². The maximum absolute atomic E-state index is 13.2. The van der Waals surface area contributed by atoms with Crippen LogP contribution in [-0.4, -0.2) is 83.0 Å². The third kappa shape index (κ3) is 8.86. The molecule has 0 radical (unpaired) electrons. The van der Waals surface area contributed by atoms with Gasteiger partial charge in [-0.1, -0.05) is 17.7 Å². The van der Waals surface area contributed by atoms with E-state index in [1.165, 1.54) is 0 Å². The quantitative estimate of drug-likeness (QED) is 0.492. The lowest BCUT2D eigenvalue weighted by atomic mass is 10.1. The topological polar surface area (TPSA) is 123 Å². The van der Waals surface area contributed by atoms with E-state index in [0.29, 0.717) is 30.9 Å². The SMILES string of the molecule is Cc1cc(C)c(S(=O)(=O)N[C@@H](CNC(=O)OC(C)(C)C)C(=O)OCCN2CCOCC2)c(C)c1. The molecule has 0 aliphatic carbocycles. The highest BCUT2D eigenvalue weighted by Crippen LogP contribution is 2.22. The molecule has 1 atom stereocenters. The standard InChI is InChI=1S/C23H37N3O7S/c1-16-13-17(2)20(18(3)14-16)34(29,30)25-19(15-24-22(28)33-23(4,5)6)21(27)32-12-9-26-7-10-31-11-8-26/h13-14,19,25H,7-12,15H2,1-6H3,(H,24,28)/t19-/m0/s1. The van der Waals surface area contributed by atoms with E-state index in [1.54, 1.807) is 46.8 Å². The van der Waals surface area contributed by atoms with Gasteiger partial charge in [0.1, 0.15) is 18.2 Å². The highest BCUT2D eigenvalue weighted by Gasteiger charge is 2.30. The summed E-state index contributed by atoms with van der Waals surface area (Å²) in [5.74, 6) is -0.782. The minimum Gasteiger partial charge on any atom is -0.463 e. The van der Waals surface area contributed by atoms with Crippen LogP contribution in [0.2, 0.25) is 0 Å². The molecule has 1 aliphatic rings. The largest absolute Gasteiger partial charge is 0.463 e. The lowest BCUT2D eigenvalue weighted by Gasteiger charge is -2.26. The van der Waals surface area contributed by atoms with Crippen molar-refractivity contribution >= 4 is 22.1 Å². The molecule has 10 nitrogen and oxygen atoms in total. The molecule has 34 heavy (non-hydrogen) atoms. The summed E-state index contributed by atoms with van der Waals surface area (Å²) in [5, 5.41) is 2.46. The van der Waals surface area contributed by atoms with Gasteiger partial charge in [0.05, 0.1) is 18.1 Å². The van der Waals surface area contributed by atoms with Crippen molar-refractivity contribution in [3.63, 3.8) is 0 Å². The number of alkyl carbamates (subject to hydrolysis) is 1. The number of hydrogen-bond donors (Lipinski definition) is 2. The Morgan fingerprint density at radius 1 is 1.12 bits per heavy atom. The van der Waals surface area contributed by atoms with Crippen LogP contribution < -0.4 is 10.0 Å². The molecule has 0 bridgehead atoms. The van der Waals surface area contributed by atoms with E-state index in [2.05, 4.69) is 14.9 Å². The Bertz CT molecular complexity index is 944. The number of carbonyl (C=O) groups excluding carboxylic acids is 2. The van der Waals surface area contributed by atoms with Gasteiger partial charge >= 0.3 is 12.1 Å². The Morgan fingerprint density at radius 3 is 2.26 bits per heavy atom. The van der Waals surface area contributed by atoms with Crippen LogP contribution in [0.15, 0.2) is 17.0 Å². The fourth-order valence-corrected chi connectivity index (χ4v) is 5.35. The molecular formula is C23H37N3O7S. The molecule has 192 valence electrons. The van der Waals surface area contributed by atoms with Crippen LogP contribution in [0, 0.1) is 20.8 Å². The van der Waals surface area contributed by atoms with E-state index >= 15 is 0 Å².